The number of benzene rings is 1. The zero-order chi connectivity index (χ0) is 10.0. The number of hydrogen-bond acceptors (Lipinski definition) is 2. The standard InChI is InChI=1S/C11H14FNO/c12-10-4-2-9(3-5-10)11(13)6-1-7-14-8-11/h2-5H,1,6-8,13H2. The van der Waals surface area contributed by atoms with Crippen LogP contribution >= 0.6 is 0 Å². The van der Waals surface area contributed by atoms with Crippen LogP contribution in [0.4, 0.5) is 4.39 Å². The van der Waals surface area contributed by atoms with E-state index in [1.807, 2.05) is 0 Å². The molecule has 14 heavy (non-hydrogen) atoms. The minimum Gasteiger partial charge on any atom is -0.379 e. The van der Waals surface area contributed by atoms with Gasteiger partial charge in [0.2, 0.25) is 0 Å². The minimum absolute atomic E-state index is 0.228. The van der Waals surface area contributed by atoms with E-state index >= 15 is 0 Å². The summed E-state index contributed by atoms with van der Waals surface area (Å²) in [6.07, 6.45) is 1.87. The van der Waals surface area contributed by atoms with Gasteiger partial charge in [0.05, 0.1) is 12.1 Å². The van der Waals surface area contributed by atoms with E-state index in [4.69, 9.17) is 10.5 Å². The van der Waals surface area contributed by atoms with E-state index in [-0.39, 0.29) is 5.82 Å². The molecular weight excluding hydrogens is 181 g/mol. The summed E-state index contributed by atoms with van der Waals surface area (Å²) in [4.78, 5) is 0. The maximum absolute atomic E-state index is 12.7. The van der Waals surface area contributed by atoms with Gasteiger partial charge < -0.3 is 10.5 Å². The molecule has 0 bridgehead atoms. The van der Waals surface area contributed by atoms with Gasteiger partial charge in [-0.3, -0.25) is 0 Å². The van der Waals surface area contributed by atoms with E-state index in [9.17, 15) is 4.39 Å². The van der Waals surface area contributed by atoms with Crippen LogP contribution in [0.2, 0.25) is 0 Å². The Bertz CT molecular complexity index is 304. The lowest BCUT2D eigenvalue weighted by Crippen LogP contribution is -2.44. The normalized spacial score (nSPS) is 27.6. The van der Waals surface area contributed by atoms with Crippen LogP contribution in [0.1, 0.15) is 18.4 Å². The average Bonchev–Trinajstić information content (AvgIpc) is 2.19. The second-order valence-electron chi connectivity index (χ2n) is 3.82. The lowest BCUT2D eigenvalue weighted by molar-refractivity contribution is 0.0366. The molecule has 1 atom stereocenters. The van der Waals surface area contributed by atoms with E-state index in [1.165, 1.54) is 12.1 Å². The van der Waals surface area contributed by atoms with Crippen LogP contribution in [-0.4, -0.2) is 13.2 Å². The van der Waals surface area contributed by atoms with E-state index in [0.717, 1.165) is 25.0 Å². The Morgan fingerprint density at radius 2 is 2.00 bits per heavy atom. The summed E-state index contributed by atoms with van der Waals surface area (Å²) in [6.45, 7) is 1.30. The first-order valence-electron chi connectivity index (χ1n) is 4.83. The zero-order valence-corrected chi connectivity index (χ0v) is 8.00. The molecule has 2 nitrogen and oxygen atoms in total. The van der Waals surface area contributed by atoms with Crippen molar-refractivity contribution in [3.8, 4) is 0 Å². The number of hydrogen-bond donors (Lipinski definition) is 1. The van der Waals surface area contributed by atoms with Crippen LogP contribution < -0.4 is 5.73 Å². The Morgan fingerprint density at radius 3 is 2.57 bits per heavy atom. The summed E-state index contributed by atoms with van der Waals surface area (Å²) in [6, 6.07) is 6.37. The van der Waals surface area contributed by atoms with Gasteiger partial charge in [0.1, 0.15) is 5.82 Å². The Morgan fingerprint density at radius 1 is 1.29 bits per heavy atom. The quantitative estimate of drug-likeness (QED) is 0.741. The highest BCUT2D eigenvalue weighted by Gasteiger charge is 2.29. The molecule has 2 rings (SSSR count). The van der Waals surface area contributed by atoms with Crippen molar-refractivity contribution in [2.45, 2.75) is 18.4 Å². The van der Waals surface area contributed by atoms with Crippen molar-refractivity contribution in [2.24, 2.45) is 5.73 Å². The molecule has 3 heteroatoms. The lowest BCUT2D eigenvalue weighted by atomic mass is 9.86. The summed E-state index contributed by atoms with van der Waals surface area (Å²) in [5.74, 6) is -0.228. The molecule has 1 fully saturated rings. The van der Waals surface area contributed by atoms with Gasteiger partial charge >= 0.3 is 0 Å². The molecule has 1 heterocycles. The Balaban J connectivity index is 2.23. The maximum atomic E-state index is 12.7. The molecule has 0 aliphatic carbocycles. The van der Waals surface area contributed by atoms with Crippen LogP contribution in [0.3, 0.4) is 0 Å². The van der Waals surface area contributed by atoms with Crippen LogP contribution in [0.25, 0.3) is 0 Å². The monoisotopic (exact) mass is 195 g/mol. The topological polar surface area (TPSA) is 35.2 Å². The van der Waals surface area contributed by atoms with Crippen molar-refractivity contribution in [3.05, 3.63) is 35.6 Å². The van der Waals surface area contributed by atoms with Crippen molar-refractivity contribution in [1.82, 2.24) is 0 Å². The molecule has 0 amide bonds. The first-order chi connectivity index (χ1) is 6.71. The van der Waals surface area contributed by atoms with Crippen LogP contribution in [0.5, 0.6) is 0 Å². The Kier molecular flexibility index (Phi) is 2.52. The lowest BCUT2D eigenvalue weighted by Gasteiger charge is -2.33. The largest absolute Gasteiger partial charge is 0.379 e. The fourth-order valence-electron chi connectivity index (χ4n) is 1.83. The van der Waals surface area contributed by atoms with Gasteiger partial charge in [-0.05, 0) is 30.5 Å². The molecule has 1 aromatic rings. The van der Waals surface area contributed by atoms with Gasteiger partial charge in [-0.25, -0.2) is 4.39 Å². The summed E-state index contributed by atoms with van der Waals surface area (Å²) < 4.78 is 18.1. The van der Waals surface area contributed by atoms with Gasteiger partial charge in [0.15, 0.2) is 0 Å². The van der Waals surface area contributed by atoms with Gasteiger partial charge in [-0.15, -0.1) is 0 Å². The van der Waals surface area contributed by atoms with E-state index in [1.54, 1.807) is 12.1 Å². The molecule has 1 aliphatic rings. The van der Waals surface area contributed by atoms with Crippen LogP contribution in [-0.2, 0) is 10.3 Å². The summed E-state index contributed by atoms with van der Waals surface area (Å²) in [5, 5.41) is 0. The molecule has 0 saturated carbocycles. The van der Waals surface area contributed by atoms with Crippen molar-refractivity contribution in [2.75, 3.05) is 13.2 Å². The van der Waals surface area contributed by atoms with E-state index < -0.39 is 5.54 Å². The number of halogens is 1. The molecule has 1 aliphatic heterocycles. The second-order valence-corrected chi connectivity index (χ2v) is 3.82. The van der Waals surface area contributed by atoms with Crippen molar-refractivity contribution < 1.29 is 9.13 Å². The second kappa shape index (κ2) is 3.67. The number of ether oxygens (including phenoxy) is 1. The molecule has 0 aromatic heterocycles. The van der Waals surface area contributed by atoms with Crippen molar-refractivity contribution in [1.29, 1.82) is 0 Å². The van der Waals surface area contributed by atoms with Crippen molar-refractivity contribution in [3.63, 3.8) is 0 Å². The van der Waals surface area contributed by atoms with Crippen molar-refractivity contribution >= 4 is 0 Å². The number of rotatable bonds is 1. The van der Waals surface area contributed by atoms with Gasteiger partial charge in [-0.2, -0.15) is 0 Å². The number of nitrogens with two attached hydrogens (primary N) is 1. The minimum atomic E-state index is -0.425. The first kappa shape index (κ1) is 9.62. The zero-order valence-electron chi connectivity index (χ0n) is 8.00. The molecular formula is C11H14FNO. The molecule has 0 spiro atoms. The molecule has 1 unspecified atom stereocenters. The maximum Gasteiger partial charge on any atom is 0.123 e. The summed E-state index contributed by atoms with van der Waals surface area (Å²) in [7, 11) is 0. The van der Waals surface area contributed by atoms with E-state index in [0.29, 0.717) is 6.61 Å². The highest BCUT2D eigenvalue weighted by molar-refractivity contribution is 5.25. The van der Waals surface area contributed by atoms with Crippen LogP contribution in [0, 0.1) is 5.82 Å². The van der Waals surface area contributed by atoms with Gasteiger partial charge in [0.25, 0.3) is 0 Å². The third-order valence-electron chi connectivity index (χ3n) is 2.69. The van der Waals surface area contributed by atoms with Gasteiger partial charge in [-0.1, -0.05) is 12.1 Å². The summed E-state index contributed by atoms with van der Waals surface area (Å²) >= 11 is 0. The predicted molar refractivity (Wildman–Crippen MR) is 52.3 cm³/mol. The predicted octanol–water partition coefficient (Wildman–Crippen LogP) is 1.79. The summed E-state index contributed by atoms with van der Waals surface area (Å²) in [5.41, 5.74) is 6.72. The SMILES string of the molecule is NC1(c2ccc(F)cc2)CCCOC1. The van der Waals surface area contributed by atoms with Gasteiger partial charge in [0, 0.05) is 6.61 Å². The van der Waals surface area contributed by atoms with E-state index in [2.05, 4.69) is 0 Å². The average molecular weight is 195 g/mol. The molecule has 76 valence electrons. The van der Waals surface area contributed by atoms with Crippen LogP contribution in [0.15, 0.2) is 24.3 Å². The highest BCUT2D eigenvalue weighted by atomic mass is 19.1. The molecule has 1 aromatic carbocycles. The Labute approximate surface area is 82.9 Å². The smallest absolute Gasteiger partial charge is 0.123 e. The fourth-order valence-corrected chi connectivity index (χ4v) is 1.83. The Hall–Kier alpha value is -0.930. The fraction of sp³-hybridized carbons (Fsp3) is 0.455. The molecule has 0 radical (unpaired) electrons. The highest BCUT2D eigenvalue weighted by Crippen LogP contribution is 2.27. The molecule has 2 N–H and O–H groups in total. The third-order valence-corrected chi connectivity index (χ3v) is 2.69. The molecule has 1 saturated heterocycles. The first-order valence-corrected chi connectivity index (χ1v) is 4.83. The third kappa shape index (κ3) is 1.79.